The molecule has 6 heteroatoms. The minimum atomic E-state index is -0.600. The van der Waals surface area contributed by atoms with Crippen LogP contribution in [-0.4, -0.2) is 15.5 Å². The van der Waals surface area contributed by atoms with Gasteiger partial charge in [0.25, 0.3) is 0 Å². The molecule has 3 rings (SSSR count). The number of nitrogens with zero attached hydrogens (tertiary/aromatic N) is 2. The number of aryl methyl sites for hydroxylation is 1. The number of imidazole rings is 1. The molecule has 0 bridgehead atoms. The largest absolute Gasteiger partial charge is 0.342 e. The molecule has 0 aliphatic rings. The maximum atomic E-state index is 13.6. The van der Waals surface area contributed by atoms with Crippen LogP contribution in [0.25, 0.3) is 0 Å². The number of hydrogen-bond donors (Lipinski definition) is 1. The second-order valence-electron chi connectivity index (χ2n) is 5.76. The van der Waals surface area contributed by atoms with Gasteiger partial charge in [-0.05, 0) is 35.4 Å². The summed E-state index contributed by atoms with van der Waals surface area (Å²) in [5.41, 5.74) is 1.15. The Morgan fingerprint density at radius 1 is 1.16 bits per heavy atom. The van der Waals surface area contributed by atoms with E-state index in [1.54, 1.807) is 48.3 Å². The van der Waals surface area contributed by atoms with Crippen LogP contribution in [0, 0.1) is 11.6 Å². The Morgan fingerprint density at radius 2 is 1.88 bits per heavy atom. The maximum Gasteiger partial charge on any atom is 0.225 e. The molecule has 2 aromatic carbocycles. The molecular formula is C19H17F2N3O. The Morgan fingerprint density at radius 3 is 2.52 bits per heavy atom. The lowest BCUT2D eigenvalue weighted by Crippen LogP contribution is -2.32. The highest BCUT2D eigenvalue weighted by Crippen LogP contribution is 2.21. The molecule has 0 aliphatic carbocycles. The van der Waals surface area contributed by atoms with Crippen molar-refractivity contribution < 1.29 is 13.6 Å². The Labute approximate surface area is 144 Å². The average Bonchev–Trinajstić information content (AvgIpc) is 2.98. The summed E-state index contributed by atoms with van der Waals surface area (Å²) in [6.07, 6.45) is 3.38. The summed E-state index contributed by atoms with van der Waals surface area (Å²) in [6, 6.07) is 11.3. The van der Waals surface area contributed by atoms with E-state index < -0.39 is 17.7 Å². The first kappa shape index (κ1) is 16.8. The van der Waals surface area contributed by atoms with E-state index in [0.29, 0.717) is 17.0 Å². The molecule has 1 amide bonds. The highest BCUT2D eigenvalue weighted by Gasteiger charge is 2.21. The van der Waals surface area contributed by atoms with Crippen molar-refractivity contribution in [1.82, 2.24) is 14.9 Å². The second kappa shape index (κ2) is 7.25. The van der Waals surface area contributed by atoms with E-state index in [1.165, 1.54) is 24.3 Å². The third-order valence-electron chi connectivity index (χ3n) is 3.86. The molecule has 25 heavy (non-hydrogen) atoms. The Hall–Kier alpha value is -3.02. The van der Waals surface area contributed by atoms with Crippen LogP contribution in [0.5, 0.6) is 0 Å². The molecule has 0 radical (unpaired) electrons. The molecule has 0 fully saturated rings. The van der Waals surface area contributed by atoms with Gasteiger partial charge in [-0.1, -0.05) is 24.3 Å². The lowest BCUT2D eigenvalue weighted by molar-refractivity contribution is -0.121. The van der Waals surface area contributed by atoms with Crippen LogP contribution in [0.4, 0.5) is 8.78 Å². The predicted octanol–water partition coefficient (Wildman–Crippen LogP) is 3.15. The van der Waals surface area contributed by atoms with Gasteiger partial charge in [0.15, 0.2) is 0 Å². The van der Waals surface area contributed by atoms with Gasteiger partial charge in [0.1, 0.15) is 23.5 Å². The lowest BCUT2D eigenvalue weighted by Gasteiger charge is -2.19. The zero-order valence-corrected chi connectivity index (χ0v) is 13.6. The van der Waals surface area contributed by atoms with Crippen molar-refractivity contribution in [2.24, 2.45) is 7.05 Å². The van der Waals surface area contributed by atoms with Gasteiger partial charge in [-0.2, -0.15) is 0 Å². The maximum absolute atomic E-state index is 13.6. The summed E-state index contributed by atoms with van der Waals surface area (Å²) < 4.78 is 28.7. The number of aromatic nitrogens is 2. The molecule has 1 N–H and O–H groups in total. The Kier molecular flexibility index (Phi) is 4.88. The minimum absolute atomic E-state index is 0.0218. The lowest BCUT2D eigenvalue weighted by atomic mass is 10.0. The summed E-state index contributed by atoms with van der Waals surface area (Å²) >= 11 is 0. The summed E-state index contributed by atoms with van der Waals surface area (Å²) in [6.45, 7) is 0. The Balaban J connectivity index is 1.85. The SMILES string of the molecule is Cn1ccnc1C(NC(=O)Cc1cccc(F)c1)c1cccc(F)c1. The molecule has 1 atom stereocenters. The van der Waals surface area contributed by atoms with Crippen molar-refractivity contribution in [2.45, 2.75) is 12.5 Å². The van der Waals surface area contributed by atoms with Crippen LogP contribution < -0.4 is 5.32 Å². The normalized spacial score (nSPS) is 12.0. The van der Waals surface area contributed by atoms with E-state index in [-0.39, 0.29) is 12.3 Å². The molecule has 4 nitrogen and oxygen atoms in total. The van der Waals surface area contributed by atoms with Crippen LogP contribution >= 0.6 is 0 Å². The van der Waals surface area contributed by atoms with Gasteiger partial charge in [0.2, 0.25) is 5.91 Å². The number of benzene rings is 2. The van der Waals surface area contributed by atoms with Crippen LogP contribution in [0.15, 0.2) is 60.9 Å². The minimum Gasteiger partial charge on any atom is -0.342 e. The van der Waals surface area contributed by atoms with Crippen LogP contribution in [0.1, 0.15) is 23.0 Å². The topological polar surface area (TPSA) is 46.9 Å². The number of nitrogens with one attached hydrogen (secondary N) is 1. The number of carbonyl (C=O) groups excluding carboxylic acids is 1. The highest BCUT2D eigenvalue weighted by molar-refractivity contribution is 5.79. The van der Waals surface area contributed by atoms with Gasteiger partial charge in [0, 0.05) is 19.4 Å². The van der Waals surface area contributed by atoms with Crippen LogP contribution in [-0.2, 0) is 18.3 Å². The fourth-order valence-corrected chi connectivity index (χ4v) is 2.68. The number of halogens is 2. The van der Waals surface area contributed by atoms with E-state index in [0.717, 1.165) is 0 Å². The van der Waals surface area contributed by atoms with Crippen molar-refractivity contribution in [3.63, 3.8) is 0 Å². The van der Waals surface area contributed by atoms with Crippen molar-refractivity contribution in [3.05, 3.63) is 89.5 Å². The zero-order chi connectivity index (χ0) is 17.8. The molecule has 1 unspecified atom stereocenters. The number of carbonyl (C=O) groups is 1. The van der Waals surface area contributed by atoms with Crippen molar-refractivity contribution in [2.75, 3.05) is 0 Å². The molecule has 0 saturated heterocycles. The van der Waals surface area contributed by atoms with E-state index in [4.69, 9.17) is 0 Å². The second-order valence-corrected chi connectivity index (χ2v) is 5.76. The summed E-state index contributed by atoms with van der Waals surface area (Å²) in [4.78, 5) is 16.7. The molecule has 3 aromatic rings. The third-order valence-corrected chi connectivity index (χ3v) is 3.86. The first-order valence-electron chi connectivity index (χ1n) is 7.79. The quantitative estimate of drug-likeness (QED) is 0.775. The van der Waals surface area contributed by atoms with Crippen molar-refractivity contribution in [3.8, 4) is 0 Å². The Bertz CT molecular complexity index is 892. The molecule has 1 aromatic heterocycles. The first-order chi connectivity index (χ1) is 12.0. The van der Waals surface area contributed by atoms with Crippen LogP contribution in [0.2, 0.25) is 0 Å². The summed E-state index contributed by atoms with van der Waals surface area (Å²) in [5.74, 6) is -0.506. The number of amides is 1. The average molecular weight is 341 g/mol. The monoisotopic (exact) mass is 341 g/mol. The van der Waals surface area contributed by atoms with Crippen LogP contribution in [0.3, 0.4) is 0 Å². The van der Waals surface area contributed by atoms with Crippen molar-refractivity contribution >= 4 is 5.91 Å². The molecular weight excluding hydrogens is 324 g/mol. The molecule has 128 valence electrons. The van der Waals surface area contributed by atoms with E-state index in [1.807, 2.05) is 0 Å². The van der Waals surface area contributed by atoms with E-state index >= 15 is 0 Å². The van der Waals surface area contributed by atoms with Gasteiger partial charge in [-0.3, -0.25) is 4.79 Å². The zero-order valence-electron chi connectivity index (χ0n) is 13.6. The standard InChI is InChI=1S/C19H17F2N3O/c1-24-9-8-22-19(24)18(14-5-3-7-16(21)12-14)23-17(25)11-13-4-2-6-15(20)10-13/h2-10,12,18H,11H2,1H3,(H,23,25). The third kappa shape index (κ3) is 4.09. The highest BCUT2D eigenvalue weighted by atomic mass is 19.1. The van der Waals surface area contributed by atoms with Gasteiger partial charge < -0.3 is 9.88 Å². The molecule has 1 heterocycles. The molecule has 0 spiro atoms. The van der Waals surface area contributed by atoms with Gasteiger partial charge in [-0.15, -0.1) is 0 Å². The fourth-order valence-electron chi connectivity index (χ4n) is 2.68. The molecule has 0 aliphatic heterocycles. The van der Waals surface area contributed by atoms with E-state index in [9.17, 15) is 13.6 Å². The summed E-state index contributed by atoms with van der Waals surface area (Å²) in [7, 11) is 1.80. The van der Waals surface area contributed by atoms with Gasteiger partial charge in [-0.25, -0.2) is 13.8 Å². The van der Waals surface area contributed by atoms with E-state index in [2.05, 4.69) is 10.3 Å². The van der Waals surface area contributed by atoms with Gasteiger partial charge >= 0.3 is 0 Å². The number of hydrogen-bond acceptors (Lipinski definition) is 2. The first-order valence-corrected chi connectivity index (χ1v) is 7.79. The smallest absolute Gasteiger partial charge is 0.225 e. The fraction of sp³-hybridized carbons (Fsp3) is 0.158. The predicted molar refractivity (Wildman–Crippen MR) is 89.7 cm³/mol. The number of rotatable bonds is 5. The van der Waals surface area contributed by atoms with Crippen molar-refractivity contribution in [1.29, 1.82) is 0 Å². The summed E-state index contributed by atoms with van der Waals surface area (Å²) in [5, 5.41) is 2.86. The molecule has 0 saturated carbocycles. The van der Waals surface area contributed by atoms with Gasteiger partial charge in [0.05, 0.1) is 6.42 Å².